The molecule has 3 nitrogen and oxygen atoms in total. The van der Waals surface area contributed by atoms with Crippen LogP contribution in [0.15, 0.2) is 59.2 Å². The minimum Gasteiger partial charge on any atom is -0.402 e. The van der Waals surface area contributed by atoms with Crippen molar-refractivity contribution in [3.63, 3.8) is 0 Å². The van der Waals surface area contributed by atoms with Crippen LogP contribution in [0.4, 0.5) is 0 Å². The molecule has 0 amide bonds. The number of rotatable bonds is 2. The topological polar surface area (TPSA) is 38.7 Å². The fourth-order valence-corrected chi connectivity index (χ4v) is 2.24. The second-order valence-electron chi connectivity index (χ2n) is 4.37. The number of carbonyl (C=O) groups excluding carboxylic acids is 1. The first-order chi connectivity index (χ1) is 10.1. The van der Waals surface area contributed by atoms with E-state index in [1.807, 2.05) is 30.3 Å². The lowest BCUT2D eigenvalue weighted by Gasteiger charge is -1.99. The summed E-state index contributed by atoms with van der Waals surface area (Å²) in [6.07, 6.45) is 1.56. The highest BCUT2D eigenvalue weighted by atomic mass is 35.5. The van der Waals surface area contributed by atoms with Crippen LogP contribution in [0, 0.1) is 0 Å². The van der Waals surface area contributed by atoms with E-state index in [1.165, 1.54) is 0 Å². The van der Waals surface area contributed by atoms with E-state index in [0.717, 1.165) is 5.56 Å². The number of esters is 1. The lowest BCUT2D eigenvalue weighted by molar-refractivity contribution is -0.129. The summed E-state index contributed by atoms with van der Waals surface area (Å²) < 4.78 is 5.17. The van der Waals surface area contributed by atoms with E-state index in [0.29, 0.717) is 15.6 Å². The van der Waals surface area contributed by atoms with Crippen LogP contribution in [0.1, 0.15) is 11.1 Å². The molecule has 0 radical (unpaired) electrons. The molecule has 0 spiro atoms. The zero-order valence-corrected chi connectivity index (χ0v) is 12.2. The number of carbonyl (C=O) groups is 1. The normalized spacial score (nSPS) is 16.0. The monoisotopic (exact) mass is 317 g/mol. The van der Waals surface area contributed by atoms with Crippen LogP contribution in [-0.4, -0.2) is 11.9 Å². The molecule has 1 aliphatic heterocycles. The van der Waals surface area contributed by atoms with Crippen molar-refractivity contribution in [1.29, 1.82) is 0 Å². The summed E-state index contributed by atoms with van der Waals surface area (Å²) in [5.41, 5.74) is 1.55. The first-order valence-electron chi connectivity index (χ1n) is 6.16. The number of aliphatic imine (C=N–C) groups is 1. The average Bonchev–Trinajstić information content (AvgIpc) is 2.85. The third-order valence-corrected chi connectivity index (χ3v) is 3.47. The van der Waals surface area contributed by atoms with Gasteiger partial charge in [-0.3, -0.25) is 0 Å². The lowest BCUT2D eigenvalue weighted by Crippen LogP contribution is -2.04. The van der Waals surface area contributed by atoms with Gasteiger partial charge in [-0.05, 0) is 42.0 Å². The third kappa shape index (κ3) is 2.99. The molecule has 0 saturated carbocycles. The molecule has 0 N–H and O–H groups in total. The molecule has 3 rings (SSSR count). The quantitative estimate of drug-likeness (QED) is 0.610. The van der Waals surface area contributed by atoms with Gasteiger partial charge in [0.2, 0.25) is 5.90 Å². The zero-order chi connectivity index (χ0) is 14.8. The molecule has 0 bridgehead atoms. The molecule has 5 heteroatoms. The molecule has 0 unspecified atom stereocenters. The zero-order valence-electron chi connectivity index (χ0n) is 10.7. The van der Waals surface area contributed by atoms with Gasteiger partial charge in [-0.2, -0.15) is 0 Å². The molecule has 104 valence electrons. The van der Waals surface area contributed by atoms with Crippen molar-refractivity contribution >= 4 is 41.1 Å². The molecule has 2 aromatic carbocycles. The van der Waals surface area contributed by atoms with Gasteiger partial charge in [0.25, 0.3) is 0 Å². The van der Waals surface area contributed by atoms with Gasteiger partial charge in [0.1, 0.15) is 0 Å². The predicted molar refractivity (Wildman–Crippen MR) is 83.5 cm³/mol. The fourth-order valence-electron chi connectivity index (χ4n) is 1.89. The largest absolute Gasteiger partial charge is 0.402 e. The van der Waals surface area contributed by atoms with Crippen LogP contribution in [0.2, 0.25) is 10.0 Å². The van der Waals surface area contributed by atoms with Crippen molar-refractivity contribution in [2.75, 3.05) is 0 Å². The maximum Gasteiger partial charge on any atom is 0.363 e. The fraction of sp³-hybridized carbons (Fsp3) is 0. The minimum absolute atomic E-state index is 0.193. The number of hydrogen-bond donors (Lipinski definition) is 0. The molecule has 21 heavy (non-hydrogen) atoms. The van der Waals surface area contributed by atoms with Crippen molar-refractivity contribution in [3.05, 3.63) is 75.4 Å². The van der Waals surface area contributed by atoms with Crippen molar-refractivity contribution < 1.29 is 9.53 Å². The van der Waals surface area contributed by atoms with Crippen molar-refractivity contribution in [1.82, 2.24) is 0 Å². The van der Waals surface area contributed by atoms with Crippen molar-refractivity contribution in [3.8, 4) is 0 Å². The van der Waals surface area contributed by atoms with Gasteiger partial charge in [-0.25, -0.2) is 9.79 Å². The number of cyclic esters (lactones) is 1. The maximum atomic E-state index is 11.9. The molecule has 0 fully saturated rings. The molecule has 2 aromatic rings. The first kappa shape index (κ1) is 13.9. The van der Waals surface area contributed by atoms with Crippen molar-refractivity contribution in [2.45, 2.75) is 0 Å². The standard InChI is InChI=1S/C16H9Cl2NO2/c17-12-6-7-13(18)11(8-12)9-14-16(20)21-15(19-14)10-4-2-1-3-5-10/h1-9H/b14-9-. The lowest BCUT2D eigenvalue weighted by atomic mass is 10.2. The van der Waals surface area contributed by atoms with E-state index < -0.39 is 5.97 Å². The van der Waals surface area contributed by atoms with Gasteiger partial charge in [0.05, 0.1) is 0 Å². The SMILES string of the molecule is O=C1OC(c2ccccc2)=N/C1=C\c1cc(Cl)ccc1Cl. The van der Waals surface area contributed by atoms with E-state index in [1.54, 1.807) is 24.3 Å². The Morgan fingerprint density at radius 3 is 2.57 bits per heavy atom. The van der Waals surface area contributed by atoms with Gasteiger partial charge in [-0.1, -0.05) is 41.4 Å². The number of hydrogen-bond acceptors (Lipinski definition) is 3. The van der Waals surface area contributed by atoms with Gasteiger partial charge < -0.3 is 4.74 Å². The Labute approximate surface area is 131 Å². The van der Waals surface area contributed by atoms with Crippen LogP contribution in [-0.2, 0) is 9.53 Å². The second kappa shape index (κ2) is 5.72. The van der Waals surface area contributed by atoms with Gasteiger partial charge >= 0.3 is 5.97 Å². The average molecular weight is 318 g/mol. The first-order valence-corrected chi connectivity index (χ1v) is 6.92. The third-order valence-electron chi connectivity index (χ3n) is 2.89. The Morgan fingerprint density at radius 1 is 1.05 bits per heavy atom. The van der Waals surface area contributed by atoms with Crippen molar-refractivity contribution in [2.24, 2.45) is 4.99 Å². The Bertz CT molecular complexity index is 767. The Morgan fingerprint density at radius 2 is 1.81 bits per heavy atom. The van der Waals surface area contributed by atoms with Crippen LogP contribution in [0.25, 0.3) is 6.08 Å². The maximum absolute atomic E-state index is 11.9. The van der Waals surface area contributed by atoms with Crippen LogP contribution < -0.4 is 0 Å². The summed E-state index contributed by atoms with van der Waals surface area (Å²) in [5, 5.41) is 1.02. The van der Waals surface area contributed by atoms with Crippen LogP contribution in [0.5, 0.6) is 0 Å². The molecule has 1 aliphatic rings. The van der Waals surface area contributed by atoms with Gasteiger partial charge in [0, 0.05) is 15.6 Å². The number of nitrogens with zero attached hydrogens (tertiary/aromatic N) is 1. The summed E-state index contributed by atoms with van der Waals surface area (Å²) in [6, 6.07) is 14.2. The highest BCUT2D eigenvalue weighted by molar-refractivity contribution is 6.34. The van der Waals surface area contributed by atoms with E-state index >= 15 is 0 Å². The van der Waals surface area contributed by atoms with E-state index in [2.05, 4.69) is 4.99 Å². The summed E-state index contributed by atoms with van der Waals surface area (Å²) in [4.78, 5) is 16.1. The number of benzene rings is 2. The molecular weight excluding hydrogens is 309 g/mol. The Balaban J connectivity index is 1.99. The molecule has 1 heterocycles. The highest BCUT2D eigenvalue weighted by Crippen LogP contribution is 2.25. The molecule has 0 aliphatic carbocycles. The predicted octanol–water partition coefficient (Wildman–Crippen LogP) is 4.34. The smallest absolute Gasteiger partial charge is 0.363 e. The minimum atomic E-state index is -0.509. The van der Waals surface area contributed by atoms with E-state index in [9.17, 15) is 4.79 Å². The summed E-state index contributed by atoms with van der Waals surface area (Å²) in [5.74, 6) is -0.227. The van der Waals surface area contributed by atoms with E-state index in [-0.39, 0.29) is 11.6 Å². The van der Waals surface area contributed by atoms with E-state index in [4.69, 9.17) is 27.9 Å². The van der Waals surface area contributed by atoms with Gasteiger partial charge in [-0.15, -0.1) is 0 Å². The summed E-state index contributed by atoms with van der Waals surface area (Å²) >= 11 is 12.0. The number of ether oxygens (including phenoxy) is 1. The molecular formula is C16H9Cl2NO2. The molecule has 0 aromatic heterocycles. The second-order valence-corrected chi connectivity index (χ2v) is 5.21. The molecule has 0 atom stereocenters. The summed E-state index contributed by atoms with van der Waals surface area (Å²) in [7, 11) is 0. The Kier molecular flexibility index (Phi) is 3.78. The van der Waals surface area contributed by atoms with Gasteiger partial charge in [0.15, 0.2) is 5.70 Å². The highest BCUT2D eigenvalue weighted by Gasteiger charge is 2.24. The van der Waals surface area contributed by atoms with Crippen LogP contribution >= 0.6 is 23.2 Å². The molecule has 0 saturated heterocycles. The summed E-state index contributed by atoms with van der Waals surface area (Å²) in [6.45, 7) is 0. The number of halogens is 2. The van der Waals surface area contributed by atoms with Crippen LogP contribution in [0.3, 0.4) is 0 Å². The Hall–Kier alpha value is -2.10.